The predicted molar refractivity (Wildman–Crippen MR) is 92.5 cm³/mol. The van der Waals surface area contributed by atoms with Gasteiger partial charge in [0.25, 0.3) is 0 Å². The fourth-order valence-corrected chi connectivity index (χ4v) is 2.79. The summed E-state index contributed by atoms with van der Waals surface area (Å²) in [4.78, 5) is 1.27. The van der Waals surface area contributed by atoms with Crippen molar-refractivity contribution in [3.8, 4) is 0 Å². The highest BCUT2D eigenvalue weighted by Gasteiger charge is 2.11. The second-order valence-electron chi connectivity index (χ2n) is 5.59. The Bertz CT molecular complexity index is 546. The van der Waals surface area contributed by atoms with Gasteiger partial charge in [-0.3, -0.25) is 11.3 Å². The van der Waals surface area contributed by atoms with E-state index in [9.17, 15) is 0 Å². The second kappa shape index (κ2) is 7.64. The molecule has 0 amide bonds. The summed E-state index contributed by atoms with van der Waals surface area (Å²) < 4.78 is 0. The molecule has 0 aliphatic carbocycles. The van der Waals surface area contributed by atoms with E-state index < -0.39 is 0 Å². The number of hydrogen-bond acceptors (Lipinski definition) is 3. The number of hydrazine groups is 1. The summed E-state index contributed by atoms with van der Waals surface area (Å²) in [6, 6.07) is 17.6. The smallest absolute Gasteiger partial charge is 0.0500 e. The zero-order chi connectivity index (χ0) is 15.2. The summed E-state index contributed by atoms with van der Waals surface area (Å²) >= 11 is 1.75. The molecule has 0 saturated carbocycles. The van der Waals surface area contributed by atoms with Crippen LogP contribution < -0.4 is 11.3 Å². The van der Waals surface area contributed by atoms with Crippen LogP contribution in [0.2, 0.25) is 0 Å². The minimum absolute atomic E-state index is 0.144. The van der Waals surface area contributed by atoms with Crippen molar-refractivity contribution in [3.05, 3.63) is 65.2 Å². The van der Waals surface area contributed by atoms with Gasteiger partial charge in [-0.15, -0.1) is 11.8 Å². The van der Waals surface area contributed by atoms with Crippen molar-refractivity contribution in [2.24, 2.45) is 5.84 Å². The van der Waals surface area contributed by atoms with E-state index in [-0.39, 0.29) is 6.04 Å². The molecule has 1 atom stereocenters. The van der Waals surface area contributed by atoms with Gasteiger partial charge in [-0.2, -0.15) is 0 Å². The van der Waals surface area contributed by atoms with Gasteiger partial charge in [0.05, 0.1) is 0 Å². The van der Waals surface area contributed by atoms with Crippen LogP contribution in [0.3, 0.4) is 0 Å². The molecule has 3 heteroatoms. The first-order chi connectivity index (χ1) is 10.1. The molecule has 0 heterocycles. The monoisotopic (exact) mass is 300 g/mol. The molecular formula is C18H24N2S. The average Bonchev–Trinajstić information content (AvgIpc) is 2.53. The lowest BCUT2D eigenvalue weighted by Gasteiger charge is -2.17. The Labute approximate surface area is 132 Å². The first kappa shape index (κ1) is 16.1. The number of rotatable bonds is 6. The van der Waals surface area contributed by atoms with E-state index in [2.05, 4.69) is 74.1 Å². The molecule has 3 N–H and O–H groups in total. The molecule has 0 spiro atoms. The van der Waals surface area contributed by atoms with E-state index in [1.54, 1.807) is 11.8 Å². The van der Waals surface area contributed by atoms with Crippen molar-refractivity contribution >= 4 is 11.8 Å². The van der Waals surface area contributed by atoms with Crippen LogP contribution in [0.1, 0.15) is 42.5 Å². The molecule has 0 aliphatic heterocycles. The van der Waals surface area contributed by atoms with Crippen LogP contribution in [0.5, 0.6) is 0 Å². The summed E-state index contributed by atoms with van der Waals surface area (Å²) in [5.41, 5.74) is 6.84. The Kier molecular flexibility index (Phi) is 5.85. The summed E-state index contributed by atoms with van der Waals surface area (Å²) in [5, 5.41) is 0. The minimum atomic E-state index is 0.144. The zero-order valence-electron chi connectivity index (χ0n) is 13.0. The fraction of sp³-hybridized carbons (Fsp3) is 0.333. The molecule has 0 fully saturated rings. The molecule has 112 valence electrons. The summed E-state index contributed by atoms with van der Waals surface area (Å²) in [5.74, 6) is 6.32. The fourth-order valence-electron chi connectivity index (χ4n) is 2.38. The topological polar surface area (TPSA) is 38.0 Å². The van der Waals surface area contributed by atoms with E-state index >= 15 is 0 Å². The third kappa shape index (κ3) is 4.34. The number of thioether (sulfide) groups is 1. The molecule has 0 aromatic heterocycles. The Morgan fingerprint density at radius 3 is 2.00 bits per heavy atom. The Balaban J connectivity index is 2.10. The van der Waals surface area contributed by atoms with Crippen molar-refractivity contribution < 1.29 is 0 Å². The number of hydrogen-bond donors (Lipinski definition) is 2. The van der Waals surface area contributed by atoms with Crippen molar-refractivity contribution in [1.82, 2.24) is 5.43 Å². The quantitative estimate of drug-likeness (QED) is 0.475. The van der Waals surface area contributed by atoms with Crippen molar-refractivity contribution in [2.45, 2.75) is 37.1 Å². The molecule has 1 unspecified atom stereocenters. The molecule has 21 heavy (non-hydrogen) atoms. The van der Waals surface area contributed by atoms with Gasteiger partial charge in [0.1, 0.15) is 0 Å². The van der Waals surface area contributed by atoms with E-state index in [1.165, 1.54) is 21.6 Å². The lowest BCUT2D eigenvalue weighted by atomic mass is 9.96. The lowest BCUT2D eigenvalue weighted by Crippen LogP contribution is -2.29. The van der Waals surface area contributed by atoms with Crippen molar-refractivity contribution in [2.75, 3.05) is 6.26 Å². The van der Waals surface area contributed by atoms with Crippen LogP contribution in [0.25, 0.3) is 0 Å². The van der Waals surface area contributed by atoms with Gasteiger partial charge in [-0.25, -0.2) is 0 Å². The van der Waals surface area contributed by atoms with Crippen LogP contribution in [0, 0.1) is 0 Å². The van der Waals surface area contributed by atoms with Crippen molar-refractivity contribution in [1.29, 1.82) is 0 Å². The molecule has 2 aromatic rings. The molecular weight excluding hydrogens is 276 g/mol. The maximum atomic E-state index is 5.75. The highest BCUT2D eigenvalue weighted by Crippen LogP contribution is 2.22. The van der Waals surface area contributed by atoms with Gasteiger partial charge >= 0.3 is 0 Å². The second-order valence-corrected chi connectivity index (χ2v) is 6.47. The molecule has 0 radical (unpaired) electrons. The third-order valence-electron chi connectivity index (χ3n) is 3.81. The van der Waals surface area contributed by atoms with Crippen LogP contribution in [-0.2, 0) is 6.42 Å². The third-order valence-corrected chi connectivity index (χ3v) is 4.55. The standard InChI is InChI=1S/C18H24N2S/c1-13(2)15-6-4-14(5-7-15)12-18(20-19)16-8-10-17(21-3)11-9-16/h4-11,13,18,20H,12,19H2,1-3H3. The Morgan fingerprint density at radius 1 is 0.952 bits per heavy atom. The molecule has 0 bridgehead atoms. The van der Waals surface area contributed by atoms with Crippen LogP contribution >= 0.6 is 11.8 Å². The first-order valence-electron chi connectivity index (χ1n) is 7.33. The number of benzene rings is 2. The van der Waals surface area contributed by atoms with Gasteiger partial charge in [-0.05, 0) is 47.4 Å². The number of nitrogens with two attached hydrogens (primary N) is 1. The van der Waals surface area contributed by atoms with E-state index in [0.717, 1.165) is 6.42 Å². The normalized spacial score (nSPS) is 12.6. The minimum Gasteiger partial charge on any atom is -0.271 e. The van der Waals surface area contributed by atoms with Crippen molar-refractivity contribution in [3.63, 3.8) is 0 Å². The van der Waals surface area contributed by atoms with E-state index in [4.69, 9.17) is 5.84 Å². The Hall–Kier alpha value is -1.29. The average molecular weight is 300 g/mol. The maximum absolute atomic E-state index is 5.75. The van der Waals surface area contributed by atoms with Gasteiger partial charge < -0.3 is 0 Å². The zero-order valence-corrected chi connectivity index (χ0v) is 13.8. The van der Waals surface area contributed by atoms with Gasteiger partial charge in [0, 0.05) is 10.9 Å². The highest BCUT2D eigenvalue weighted by atomic mass is 32.2. The van der Waals surface area contributed by atoms with Crippen LogP contribution in [-0.4, -0.2) is 6.26 Å². The summed E-state index contributed by atoms with van der Waals surface area (Å²) in [6.07, 6.45) is 2.98. The molecule has 0 aliphatic rings. The molecule has 2 rings (SSSR count). The highest BCUT2D eigenvalue weighted by molar-refractivity contribution is 7.98. The first-order valence-corrected chi connectivity index (χ1v) is 8.55. The molecule has 2 aromatic carbocycles. The SMILES string of the molecule is CSc1ccc(C(Cc2ccc(C(C)C)cc2)NN)cc1. The van der Waals surface area contributed by atoms with Gasteiger partial charge in [0.15, 0.2) is 0 Å². The van der Waals surface area contributed by atoms with E-state index in [0.29, 0.717) is 5.92 Å². The van der Waals surface area contributed by atoms with Gasteiger partial charge in [0.2, 0.25) is 0 Å². The predicted octanol–water partition coefficient (Wildman–Crippen LogP) is 4.28. The Morgan fingerprint density at radius 2 is 1.52 bits per heavy atom. The van der Waals surface area contributed by atoms with Gasteiger partial charge in [-0.1, -0.05) is 50.2 Å². The summed E-state index contributed by atoms with van der Waals surface area (Å²) in [6.45, 7) is 4.43. The van der Waals surface area contributed by atoms with Crippen LogP contribution in [0.4, 0.5) is 0 Å². The van der Waals surface area contributed by atoms with Crippen LogP contribution in [0.15, 0.2) is 53.4 Å². The maximum Gasteiger partial charge on any atom is 0.0500 e. The van der Waals surface area contributed by atoms with E-state index in [1.807, 2.05) is 0 Å². The molecule has 2 nitrogen and oxygen atoms in total. The molecule has 0 saturated heterocycles. The summed E-state index contributed by atoms with van der Waals surface area (Å²) in [7, 11) is 0. The number of nitrogens with one attached hydrogen (secondary N) is 1. The lowest BCUT2D eigenvalue weighted by molar-refractivity contribution is 0.551. The largest absolute Gasteiger partial charge is 0.271 e.